The summed E-state index contributed by atoms with van der Waals surface area (Å²) in [5.41, 5.74) is 0.506. The third-order valence-electron chi connectivity index (χ3n) is 4.02. The number of rotatable bonds is 2. The molecule has 2 aliphatic carbocycles. The molecule has 0 aromatic heterocycles. The summed E-state index contributed by atoms with van der Waals surface area (Å²) in [6.07, 6.45) is 7.46. The molecule has 14 heavy (non-hydrogen) atoms. The van der Waals surface area contributed by atoms with Gasteiger partial charge in [-0.3, -0.25) is 4.79 Å². The van der Waals surface area contributed by atoms with E-state index in [-0.39, 0.29) is 11.9 Å². The van der Waals surface area contributed by atoms with E-state index in [0.717, 1.165) is 13.0 Å². The summed E-state index contributed by atoms with van der Waals surface area (Å²) in [7, 11) is 0. The number of carbonyl (C=O) groups is 1. The normalized spacial score (nSPS) is 34.1. The average molecular weight is 194 g/mol. The van der Waals surface area contributed by atoms with Crippen LogP contribution in [0.1, 0.15) is 38.5 Å². The van der Waals surface area contributed by atoms with Crippen molar-refractivity contribution in [3.05, 3.63) is 0 Å². The van der Waals surface area contributed by atoms with Gasteiger partial charge in [0.25, 0.3) is 0 Å². The van der Waals surface area contributed by atoms with Gasteiger partial charge in [-0.15, -0.1) is 0 Å². The van der Waals surface area contributed by atoms with Crippen LogP contribution in [0.5, 0.6) is 0 Å². The second-order valence-electron chi connectivity index (χ2n) is 5.27. The Hall–Kier alpha value is -0.570. The Kier molecular flexibility index (Phi) is 1.84. The molecule has 1 heterocycles. The van der Waals surface area contributed by atoms with E-state index >= 15 is 0 Å². The zero-order chi connectivity index (χ0) is 9.60. The zero-order valence-corrected chi connectivity index (χ0v) is 8.51. The van der Waals surface area contributed by atoms with E-state index in [1.165, 1.54) is 32.1 Å². The maximum Gasteiger partial charge on any atom is 0.237 e. The smallest absolute Gasteiger partial charge is 0.237 e. The molecule has 1 atom stereocenters. The van der Waals surface area contributed by atoms with Crippen molar-refractivity contribution >= 4 is 5.91 Å². The molecule has 2 saturated carbocycles. The Morgan fingerprint density at radius 2 is 2.14 bits per heavy atom. The molecule has 1 amide bonds. The minimum atomic E-state index is 0.107. The second-order valence-corrected chi connectivity index (χ2v) is 5.27. The molecule has 1 aliphatic heterocycles. The van der Waals surface area contributed by atoms with E-state index in [2.05, 4.69) is 10.6 Å². The van der Waals surface area contributed by atoms with Gasteiger partial charge in [-0.1, -0.05) is 6.42 Å². The molecule has 1 unspecified atom stereocenters. The molecular formula is C11H18N2O. The Morgan fingerprint density at radius 1 is 1.36 bits per heavy atom. The van der Waals surface area contributed by atoms with Crippen LogP contribution in [0.4, 0.5) is 0 Å². The van der Waals surface area contributed by atoms with Crippen molar-refractivity contribution in [3.63, 3.8) is 0 Å². The monoisotopic (exact) mass is 194 g/mol. The highest BCUT2D eigenvalue weighted by Gasteiger charge is 2.45. The van der Waals surface area contributed by atoms with Gasteiger partial charge in [0.05, 0.1) is 6.04 Å². The summed E-state index contributed by atoms with van der Waals surface area (Å²) in [5, 5.41) is 6.45. The van der Waals surface area contributed by atoms with Gasteiger partial charge in [-0.2, -0.15) is 0 Å². The zero-order valence-electron chi connectivity index (χ0n) is 8.51. The lowest BCUT2D eigenvalue weighted by atomic mass is 9.67. The van der Waals surface area contributed by atoms with Crippen molar-refractivity contribution in [2.24, 2.45) is 5.41 Å². The van der Waals surface area contributed by atoms with Crippen LogP contribution in [0.2, 0.25) is 0 Å². The quantitative estimate of drug-likeness (QED) is 0.682. The molecule has 78 valence electrons. The predicted octanol–water partition coefficient (Wildman–Crippen LogP) is 0.797. The molecule has 3 heteroatoms. The van der Waals surface area contributed by atoms with Crippen molar-refractivity contribution in [2.75, 3.05) is 6.54 Å². The average Bonchev–Trinajstić information content (AvgIpc) is 2.81. The van der Waals surface area contributed by atoms with Gasteiger partial charge in [0, 0.05) is 12.6 Å². The summed E-state index contributed by atoms with van der Waals surface area (Å²) in [6, 6.07) is 0.609. The van der Waals surface area contributed by atoms with E-state index in [4.69, 9.17) is 0 Å². The van der Waals surface area contributed by atoms with Gasteiger partial charge in [0.1, 0.15) is 0 Å². The molecule has 0 aromatic rings. The molecule has 1 spiro atoms. The van der Waals surface area contributed by atoms with E-state index in [1.54, 1.807) is 0 Å². The molecule has 3 aliphatic rings. The first-order valence-electron chi connectivity index (χ1n) is 5.81. The second kappa shape index (κ2) is 2.96. The third kappa shape index (κ3) is 1.44. The maximum atomic E-state index is 11.7. The maximum absolute atomic E-state index is 11.7. The van der Waals surface area contributed by atoms with E-state index in [0.29, 0.717) is 11.5 Å². The Balaban J connectivity index is 1.55. The topological polar surface area (TPSA) is 41.1 Å². The highest BCUT2D eigenvalue weighted by molar-refractivity contribution is 5.82. The minimum absolute atomic E-state index is 0.107. The molecule has 0 bridgehead atoms. The van der Waals surface area contributed by atoms with Gasteiger partial charge in [-0.25, -0.2) is 0 Å². The molecule has 2 N–H and O–H groups in total. The summed E-state index contributed by atoms with van der Waals surface area (Å²) < 4.78 is 0. The van der Waals surface area contributed by atoms with E-state index < -0.39 is 0 Å². The Bertz CT molecular complexity index is 256. The van der Waals surface area contributed by atoms with Crippen LogP contribution in [-0.4, -0.2) is 24.5 Å². The SMILES string of the molecule is O=C(NC1CC1)C1CC2(CCC2)CN1. The first-order valence-corrected chi connectivity index (χ1v) is 5.81. The molecular weight excluding hydrogens is 176 g/mol. The highest BCUT2D eigenvalue weighted by atomic mass is 16.2. The standard InChI is InChI=1S/C11H18N2O/c14-10(13-8-2-3-8)9-6-11(7-12-9)4-1-5-11/h8-9,12H,1-7H2,(H,13,14). The summed E-state index contributed by atoms with van der Waals surface area (Å²) >= 11 is 0. The molecule has 0 aromatic carbocycles. The lowest BCUT2D eigenvalue weighted by molar-refractivity contribution is -0.123. The number of amides is 1. The number of carbonyl (C=O) groups excluding carboxylic acids is 1. The fourth-order valence-corrected chi connectivity index (χ4v) is 2.69. The Morgan fingerprint density at radius 3 is 2.64 bits per heavy atom. The fraction of sp³-hybridized carbons (Fsp3) is 0.909. The summed E-state index contributed by atoms with van der Waals surface area (Å²) in [6.45, 7) is 1.07. The van der Waals surface area contributed by atoms with Crippen LogP contribution < -0.4 is 10.6 Å². The van der Waals surface area contributed by atoms with Crippen molar-refractivity contribution in [3.8, 4) is 0 Å². The van der Waals surface area contributed by atoms with E-state index in [1.807, 2.05) is 0 Å². The van der Waals surface area contributed by atoms with Gasteiger partial charge in [0.2, 0.25) is 5.91 Å². The van der Waals surface area contributed by atoms with Crippen LogP contribution in [0.3, 0.4) is 0 Å². The molecule has 1 saturated heterocycles. The highest BCUT2D eigenvalue weighted by Crippen LogP contribution is 2.47. The van der Waals surface area contributed by atoms with Crippen LogP contribution >= 0.6 is 0 Å². The first kappa shape index (κ1) is 8.72. The lowest BCUT2D eigenvalue weighted by Gasteiger charge is -2.37. The van der Waals surface area contributed by atoms with E-state index in [9.17, 15) is 4.79 Å². The van der Waals surface area contributed by atoms with Crippen LogP contribution in [0.15, 0.2) is 0 Å². The van der Waals surface area contributed by atoms with Crippen molar-refractivity contribution in [1.82, 2.24) is 10.6 Å². The van der Waals surface area contributed by atoms with Crippen molar-refractivity contribution < 1.29 is 4.79 Å². The van der Waals surface area contributed by atoms with Gasteiger partial charge >= 0.3 is 0 Å². The summed E-state index contributed by atoms with van der Waals surface area (Å²) in [4.78, 5) is 11.7. The van der Waals surface area contributed by atoms with Crippen LogP contribution in [0, 0.1) is 5.41 Å². The van der Waals surface area contributed by atoms with Crippen molar-refractivity contribution in [1.29, 1.82) is 0 Å². The number of hydrogen-bond donors (Lipinski definition) is 2. The van der Waals surface area contributed by atoms with Gasteiger partial charge < -0.3 is 10.6 Å². The van der Waals surface area contributed by atoms with Crippen LogP contribution in [0.25, 0.3) is 0 Å². The minimum Gasteiger partial charge on any atom is -0.352 e. The number of hydrogen-bond acceptors (Lipinski definition) is 2. The molecule has 3 nitrogen and oxygen atoms in total. The Labute approximate surface area is 84.6 Å². The molecule has 0 radical (unpaired) electrons. The molecule has 3 fully saturated rings. The first-order chi connectivity index (χ1) is 6.77. The molecule has 3 rings (SSSR count). The predicted molar refractivity (Wildman–Crippen MR) is 53.9 cm³/mol. The van der Waals surface area contributed by atoms with Gasteiger partial charge in [0.15, 0.2) is 0 Å². The number of nitrogens with one attached hydrogen (secondary N) is 2. The van der Waals surface area contributed by atoms with Gasteiger partial charge in [-0.05, 0) is 37.5 Å². The van der Waals surface area contributed by atoms with Crippen LogP contribution in [-0.2, 0) is 4.79 Å². The third-order valence-corrected chi connectivity index (χ3v) is 4.02. The summed E-state index contributed by atoms with van der Waals surface area (Å²) in [5.74, 6) is 0.247. The lowest BCUT2D eigenvalue weighted by Crippen LogP contribution is -2.41. The van der Waals surface area contributed by atoms with Crippen molar-refractivity contribution in [2.45, 2.75) is 50.6 Å². The largest absolute Gasteiger partial charge is 0.352 e. The fourth-order valence-electron chi connectivity index (χ4n) is 2.69.